The molecule has 0 spiro atoms. The van der Waals surface area contributed by atoms with Gasteiger partial charge >= 0.3 is 0 Å². The van der Waals surface area contributed by atoms with Crippen LogP contribution < -0.4 is 5.48 Å². The molecule has 0 saturated heterocycles. The highest BCUT2D eigenvalue weighted by atomic mass is 16.5. The van der Waals surface area contributed by atoms with Crippen molar-refractivity contribution in [1.29, 1.82) is 0 Å². The van der Waals surface area contributed by atoms with E-state index in [4.69, 9.17) is 15.4 Å². The zero-order chi connectivity index (χ0) is 8.15. The van der Waals surface area contributed by atoms with Crippen molar-refractivity contribution in [2.75, 3.05) is 6.54 Å². The second kappa shape index (κ2) is 4.62. The summed E-state index contributed by atoms with van der Waals surface area (Å²) in [4.78, 5) is 0. The summed E-state index contributed by atoms with van der Waals surface area (Å²) in [5.41, 5.74) is 1.84. The molecule has 62 valence electrons. The van der Waals surface area contributed by atoms with Gasteiger partial charge in [0, 0.05) is 12.5 Å². The molecule has 4 nitrogen and oxygen atoms in total. The lowest BCUT2D eigenvalue weighted by atomic mass is 10.00. The third-order valence-corrected chi connectivity index (χ3v) is 1.67. The summed E-state index contributed by atoms with van der Waals surface area (Å²) in [7, 11) is 0. The molecule has 10 heavy (non-hydrogen) atoms. The van der Waals surface area contributed by atoms with Gasteiger partial charge in [-0.1, -0.05) is 6.92 Å². The van der Waals surface area contributed by atoms with E-state index in [0.29, 0.717) is 0 Å². The Bertz CT molecular complexity index is 87.1. The summed E-state index contributed by atoms with van der Waals surface area (Å²) in [6.07, 6.45) is -1.26. The lowest BCUT2D eigenvalue weighted by Gasteiger charge is -2.20. The number of aliphatic hydroxyl groups is 2. The number of aliphatic hydroxyl groups excluding tert-OH is 2. The van der Waals surface area contributed by atoms with Crippen LogP contribution in [0.25, 0.3) is 0 Å². The molecular weight excluding hydrogens is 134 g/mol. The van der Waals surface area contributed by atoms with E-state index >= 15 is 0 Å². The fraction of sp³-hybridized carbons (Fsp3) is 1.00. The van der Waals surface area contributed by atoms with Crippen molar-refractivity contribution >= 4 is 0 Å². The summed E-state index contributed by atoms with van der Waals surface area (Å²) in [6.45, 7) is 3.41. The van der Waals surface area contributed by atoms with Gasteiger partial charge in [-0.2, -0.15) is 0 Å². The van der Waals surface area contributed by atoms with Gasteiger partial charge in [-0.15, -0.1) is 0 Å². The number of rotatable bonds is 4. The summed E-state index contributed by atoms with van der Waals surface area (Å²) < 4.78 is 0. The van der Waals surface area contributed by atoms with Crippen LogP contribution in [0.2, 0.25) is 0 Å². The monoisotopic (exact) mass is 149 g/mol. The predicted molar refractivity (Wildman–Crippen MR) is 36.6 cm³/mol. The van der Waals surface area contributed by atoms with Gasteiger partial charge in [0.05, 0.1) is 12.2 Å². The van der Waals surface area contributed by atoms with E-state index in [0.717, 1.165) is 0 Å². The number of hydrogen-bond donors (Lipinski definition) is 4. The quantitative estimate of drug-likeness (QED) is 0.400. The van der Waals surface area contributed by atoms with Crippen molar-refractivity contribution in [3.8, 4) is 0 Å². The van der Waals surface area contributed by atoms with Gasteiger partial charge in [0.15, 0.2) is 0 Å². The normalized spacial score (nSPS) is 20.1. The maximum Gasteiger partial charge on any atom is 0.0737 e. The van der Waals surface area contributed by atoms with Crippen LogP contribution in [0.5, 0.6) is 0 Å². The van der Waals surface area contributed by atoms with Crippen molar-refractivity contribution in [3.63, 3.8) is 0 Å². The fourth-order valence-electron chi connectivity index (χ4n) is 0.601. The average Bonchev–Trinajstić information content (AvgIpc) is 1.87. The van der Waals surface area contributed by atoms with E-state index in [-0.39, 0.29) is 12.5 Å². The molecule has 0 fully saturated rings. The predicted octanol–water partition coefficient (Wildman–Crippen LogP) is -0.657. The molecule has 0 radical (unpaired) electrons. The Morgan fingerprint density at radius 2 is 1.80 bits per heavy atom. The first kappa shape index (κ1) is 9.84. The lowest BCUT2D eigenvalue weighted by Crippen LogP contribution is -2.35. The van der Waals surface area contributed by atoms with Crippen molar-refractivity contribution in [2.45, 2.75) is 26.1 Å². The minimum absolute atomic E-state index is 0.0894. The zero-order valence-electron chi connectivity index (χ0n) is 6.28. The van der Waals surface area contributed by atoms with E-state index in [1.807, 2.05) is 5.48 Å². The van der Waals surface area contributed by atoms with E-state index < -0.39 is 12.2 Å². The summed E-state index contributed by atoms with van der Waals surface area (Å²) >= 11 is 0. The van der Waals surface area contributed by atoms with E-state index in [1.165, 1.54) is 0 Å². The standard InChI is InChI=1S/C6H15NO3/c1-4(5(2)8)6(9)3-7-10/h4-10H,3H2,1-2H3. The third kappa shape index (κ3) is 3.12. The molecule has 0 rings (SSSR count). The Labute approximate surface area is 60.5 Å². The summed E-state index contributed by atoms with van der Waals surface area (Å²) in [5, 5.41) is 26.2. The van der Waals surface area contributed by atoms with Gasteiger partial charge in [-0.05, 0) is 6.92 Å². The SMILES string of the molecule is CC(O)C(C)C(O)CNO. The Morgan fingerprint density at radius 3 is 2.10 bits per heavy atom. The molecule has 0 bridgehead atoms. The van der Waals surface area contributed by atoms with Gasteiger partial charge in [0.1, 0.15) is 0 Å². The van der Waals surface area contributed by atoms with Gasteiger partial charge in [-0.25, -0.2) is 5.48 Å². The van der Waals surface area contributed by atoms with Crippen molar-refractivity contribution in [2.24, 2.45) is 5.92 Å². The van der Waals surface area contributed by atoms with E-state index in [2.05, 4.69) is 0 Å². The van der Waals surface area contributed by atoms with Gasteiger partial charge in [0.2, 0.25) is 0 Å². The molecule has 4 N–H and O–H groups in total. The average molecular weight is 149 g/mol. The number of hydrogen-bond acceptors (Lipinski definition) is 4. The van der Waals surface area contributed by atoms with Gasteiger partial charge in [0.25, 0.3) is 0 Å². The van der Waals surface area contributed by atoms with Gasteiger partial charge < -0.3 is 15.4 Å². The molecule has 0 aliphatic heterocycles. The molecule has 0 aromatic carbocycles. The van der Waals surface area contributed by atoms with Crippen LogP contribution in [0.1, 0.15) is 13.8 Å². The summed E-state index contributed by atoms with van der Waals surface area (Å²) in [5.74, 6) is -0.223. The molecule has 0 aromatic rings. The molecule has 3 unspecified atom stereocenters. The Morgan fingerprint density at radius 1 is 1.30 bits per heavy atom. The molecule has 0 aliphatic carbocycles. The van der Waals surface area contributed by atoms with Crippen LogP contribution in [0.15, 0.2) is 0 Å². The smallest absolute Gasteiger partial charge is 0.0737 e. The number of nitrogens with one attached hydrogen (secondary N) is 1. The second-order valence-electron chi connectivity index (χ2n) is 2.53. The number of hydroxylamine groups is 1. The van der Waals surface area contributed by atoms with Gasteiger partial charge in [-0.3, -0.25) is 0 Å². The molecule has 0 aliphatic rings. The van der Waals surface area contributed by atoms with Crippen LogP contribution in [0.4, 0.5) is 0 Å². The maximum absolute atomic E-state index is 9.11. The Kier molecular flexibility index (Phi) is 4.55. The van der Waals surface area contributed by atoms with Crippen LogP contribution in [-0.2, 0) is 0 Å². The zero-order valence-corrected chi connectivity index (χ0v) is 6.28. The maximum atomic E-state index is 9.11. The first-order valence-corrected chi connectivity index (χ1v) is 3.32. The highest BCUT2D eigenvalue weighted by Crippen LogP contribution is 2.06. The van der Waals surface area contributed by atoms with Crippen molar-refractivity contribution in [1.82, 2.24) is 5.48 Å². The first-order valence-electron chi connectivity index (χ1n) is 3.32. The highest BCUT2D eigenvalue weighted by molar-refractivity contribution is 4.69. The van der Waals surface area contributed by atoms with Crippen LogP contribution >= 0.6 is 0 Å². The highest BCUT2D eigenvalue weighted by Gasteiger charge is 2.17. The molecule has 4 heteroatoms. The molecule has 0 heterocycles. The summed E-state index contributed by atoms with van der Waals surface area (Å²) in [6, 6.07) is 0. The van der Waals surface area contributed by atoms with Crippen LogP contribution in [-0.4, -0.2) is 34.2 Å². The van der Waals surface area contributed by atoms with E-state index in [9.17, 15) is 0 Å². The van der Waals surface area contributed by atoms with Crippen LogP contribution in [0, 0.1) is 5.92 Å². The molecule has 3 atom stereocenters. The third-order valence-electron chi connectivity index (χ3n) is 1.67. The van der Waals surface area contributed by atoms with Crippen LogP contribution in [0.3, 0.4) is 0 Å². The fourth-order valence-corrected chi connectivity index (χ4v) is 0.601. The molecular formula is C6H15NO3. The van der Waals surface area contributed by atoms with Crippen molar-refractivity contribution in [3.05, 3.63) is 0 Å². The van der Waals surface area contributed by atoms with E-state index in [1.54, 1.807) is 13.8 Å². The second-order valence-corrected chi connectivity index (χ2v) is 2.53. The largest absolute Gasteiger partial charge is 0.393 e. The first-order chi connectivity index (χ1) is 4.59. The minimum Gasteiger partial charge on any atom is -0.393 e. The Hall–Kier alpha value is -0.160. The molecule has 0 amide bonds. The topological polar surface area (TPSA) is 72.7 Å². The lowest BCUT2D eigenvalue weighted by molar-refractivity contribution is 0.00980. The Balaban J connectivity index is 3.58. The minimum atomic E-state index is -0.704. The molecule has 0 aromatic heterocycles. The van der Waals surface area contributed by atoms with Crippen molar-refractivity contribution < 1.29 is 15.4 Å². The molecule has 0 saturated carbocycles.